The fraction of sp³-hybridized carbons (Fsp3) is 0.394. The lowest BCUT2D eigenvalue weighted by Crippen LogP contribution is -2.46. The second-order valence-electron chi connectivity index (χ2n) is 11.5. The quantitative estimate of drug-likeness (QED) is 0.245. The Morgan fingerprint density at radius 3 is 2.34 bits per heavy atom. The Labute approximate surface area is 271 Å². The van der Waals surface area contributed by atoms with E-state index in [2.05, 4.69) is 10.3 Å². The highest BCUT2D eigenvalue weighted by Crippen LogP contribution is 2.39. The molecule has 0 fully saturated rings. The number of carbonyl (C=O) groups excluding carboxylic acids is 3. The third-order valence-electron chi connectivity index (χ3n) is 8.31. The molecule has 0 radical (unpaired) electrons. The van der Waals surface area contributed by atoms with Crippen LogP contribution >= 0.6 is 24.8 Å². The molecule has 3 aromatic rings. The second-order valence-corrected chi connectivity index (χ2v) is 11.5. The molecule has 236 valence electrons. The third kappa shape index (κ3) is 7.17. The maximum atomic E-state index is 13.1. The van der Waals surface area contributed by atoms with Gasteiger partial charge in [-0.3, -0.25) is 19.4 Å². The summed E-state index contributed by atoms with van der Waals surface area (Å²) in [6, 6.07) is 17.4. The first-order valence-corrected chi connectivity index (χ1v) is 14.5. The normalized spacial score (nSPS) is 16.3. The molecule has 1 atom stereocenters. The highest BCUT2D eigenvalue weighted by molar-refractivity contribution is 6.19. The molecule has 3 amide bonds. The van der Waals surface area contributed by atoms with Gasteiger partial charge in [0.15, 0.2) is 0 Å². The molecule has 2 aromatic carbocycles. The van der Waals surface area contributed by atoms with Crippen LogP contribution in [0, 0.1) is 5.41 Å². The van der Waals surface area contributed by atoms with Crippen molar-refractivity contribution in [2.24, 2.45) is 5.41 Å². The Balaban J connectivity index is 0.00000264. The summed E-state index contributed by atoms with van der Waals surface area (Å²) in [6.07, 6.45) is 6.01. The average Bonchev–Trinajstić information content (AvgIpc) is 3.05. The van der Waals surface area contributed by atoms with Crippen LogP contribution in [0.1, 0.15) is 54.2 Å². The van der Waals surface area contributed by atoms with Gasteiger partial charge in [0.05, 0.1) is 18.0 Å². The summed E-state index contributed by atoms with van der Waals surface area (Å²) in [7, 11) is 3.39. The zero-order chi connectivity index (χ0) is 29.9. The summed E-state index contributed by atoms with van der Waals surface area (Å²) in [5, 5.41) is 3.64. The molecule has 0 spiro atoms. The lowest BCUT2D eigenvalue weighted by Gasteiger charge is -2.30. The molecule has 5 rings (SSSR count). The lowest BCUT2D eigenvalue weighted by molar-refractivity contribution is -0.137. The minimum absolute atomic E-state index is 0. The van der Waals surface area contributed by atoms with E-state index in [0.29, 0.717) is 30.3 Å². The molecule has 1 unspecified atom stereocenters. The number of nitrogens with zero attached hydrogens (tertiary/aromatic N) is 4. The van der Waals surface area contributed by atoms with Crippen molar-refractivity contribution in [2.75, 3.05) is 50.1 Å². The Bertz CT molecular complexity index is 1470. The zero-order valence-corrected chi connectivity index (χ0v) is 27.2. The van der Waals surface area contributed by atoms with Gasteiger partial charge in [0.2, 0.25) is 11.8 Å². The average molecular weight is 643 g/mol. The van der Waals surface area contributed by atoms with Gasteiger partial charge in [-0.1, -0.05) is 18.2 Å². The number of rotatable bonds is 10. The molecule has 11 heteroatoms. The molecule has 2 aliphatic heterocycles. The van der Waals surface area contributed by atoms with Crippen molar-refractivity contribution in [3.63, 3.8) is 0 Å². The number of fused-ring (bicyclic) bond motifs is 2. The molecule has 3 heterocycles. The zero-order valence-electron chi connectivity index (χ0n) is 25.6. The van der Waals surface area contributed by atoms with Gasteiger partial charge in [-0.05, 0) is 81.1 Å². The summed E-state index contributed by atoms with van der Waals surface area (Å²) in [6.45, 7) is 5.91. The van der Waals surface area contributed by atoms with E-state index in [1.54, 1.807) is 45.2 Å². The number of ether oxygens (including phenoxy) is 1. The summed E-state index contributed by atoms with van der Waals surface area (Å²) >= 11 is 0. The van der Waals surface area contributed by atoms with Gasteiger partial charge in [0, 0.05) is 57.3 Å². The lowest BCUT2D eigenvalue weighted by atomic mass is 9.90. The number of hydrogen-bond acceptors (Lipinski definition) is 6. The fourth-order valence-corrected chi connectivity index (χ4v) is 5.79. The number of benzene rings is 2. The van der Waals surface area contributed by atoms with Crippen LogP contribution in [0.4, 0.5) is 11.4 Å². The molecule has 1 N–H and O–H groups in total. The van der Waals surface area contributed by atoms with Crippen LogP contribution in [0.3, 0.4) is 0 Å². The number of carbonyl (C=O) groups is 3. The first-order chi connectivity index (χ1) is 20.2. The van der Waals surface area contributed by atoms with Crippen LogP contribution in [0.5, 0.6) is 5.75 Å². The van der Waals surface area contributed by atoms with Crippen molar-refractivity contribution in [3.05, 3.63) is 83.7 Å². The van der Waals surface area contributed by atoms with Crippen molar-refractivity contribution in [2.45, 2.75) is 39.2 Å². The van der Waals surface area contributed by atoms with Crippen molar-refractivity contribution >= 4 is 53.9 Å². The highest BCUT2D eigenvalue weighted by Gasteiger charge is 2.44. The molecular weight excluding hydrogens is 601 g/mol. The molecule has 9 nitrogen and oxygen atoms in total. The van der Waals surface area contributed by atoms with E-state index in [1.807, 2.05) is 59.5 Å². The van der Waals surface area contributed by atoms with E-state index in [1.165, 1.54) is 4.90 Å². The van der Waals surface area contributed by atoms with E-state index >= 15 is 0 Å². The molecule has 0 saturated carbocycles. The van der Waals surface area contributed by atoms with Crippen LogP contribution in [0.25, 0.3) is 0 Å². The smallest absolute Gasteiger partial charge is 0.254 e. The highest BCUT2D eigenvalue weighted by atomic mass is 35.5. The predicted octanol–water partition coefficient (Wildman–Crippen LogP) is 5.08. The van der Waals surface area contributed by atoms with Crippen molar-refractivity contribution in [1.29, 1.82) is 0 Å². The van der Waals surface area contributed by atoms with Crippen LogP contribution < -0.4 is 19.9 Å². The fourth-order valence-electron chi connectivity index (χ4n) is 5.79. The Morgan fingerprint density at radius 1 is 0.932 bits per heavy atom. The van der Waals surface area contributed by atoms with Gasteiger partial charge < -0.3 is 24.8 Å². The first-order valence-electron chi connectivity index (χ1n) is 14.5. The first kappa shape index (κ1) is 34.8. The van der Waals surface area contributed by atoms with Gasteiger partial charge in [-0.25, -0.2) is 0 Å². The standard InChI is InChI=1S/C33H39N5O4.2ClH/c1-33(2)31(40)36(3)28-11-10-25(22-29(28)37(4)32(33)41)42-21-7-16-35-27(24-12-17-34-18-13-24)15-20-38-19-14-23-8-5-6-9-26(23)30(38)39;;/h5-6,8-13,17-18,22,27,35H,7,14-16,19-21H2,1-4H3;2*1H. The SMILES string of the molecule is CN1C(=O)C(C)(C)C(=O)N(C)c2cc(OCCCNC(CCN3CCc4ccccc4C3=O)c3ccncc3)ccc21.Cl.Cl. The van der Waals surface area contributed by atoms with Gasteiger partial charge in [0.25, 0.3) is 5.91 Å². The van der Waals surface area contributed by atoms with Crippen molar-refractivity contribution < 1.29 is 19.1 Å². The second kappa shape index (κ2) is 14.9. The molecule has 1 aromatic heterocycles. The molecule has 2 aliphatic rings. The van der Waals surface area contributed by atoms with Crippen molar-refractivity contribution in [3.8, 4) is 5.75 Å². The Hall–Kier alpha value is -3.66. The van der Waals surface area contributed by atoms with Crippen LogP contribution in [-0.4, -0.2) is 67.9 Å². The maximum Gasteiger partial charge on any atom is 0.254 e. The van der Waals surface area contributed by atoms with Crippen LogP contribution in [0.2, 0.25) is 0 Å². The number of hydrogen-bond donors (Lipinski definition) is 1. The van der Waals surface area contributed by atoms with Gasteiger partial charge >= 0.3 is 0 Å². The third-order valence-corrected chi connectivity index (χ3v) is 8.31. The predicted molar refractivity (Wildman–Crippen MR) is 177 cm³/mol. The summed E-state index contributed by atoms with van der Waals surface area (Å²) in [4.78, 5) is 48.1. The van der Waals surface area contributed by atoms with Crippen molar-refractivity contribution in [1.82, 2.24) is 15.2 Å². The molecule has 0 bridgehead atoms. The number of aromatic nitrogens is 1. The van der Waals surface area contributed by atoms with E-state index in [-0.39, 0.29) is 48.6 Å². The number of anilines is 2. The summed E-state index contributed by atoms with van der Waals surface area (Å²) < 4.78 is 6.06. The molecule has 0 aliphatic carbocycles. The molecule has 0 saturated heterocycles. The number of amides is 3. The topological polar surface area (TPSA) is 95.1 Å². The largest absolute Gasteiger partial charge is 0.493 e. The number of halogens is 2. The van der Waals surface area contributed by atoms with E-state index in [0.717, 1.165) is 49.0 Å². The number of nitrogens with one attached hydrogen (secondary N) is 1. The minimum atomic E-state index is -1.15. The molecule has 44 heavy (non-hydrogen) atoms. The Morgan fingerprint density at radius 2 is 1.61 bits per heavy atom. The monoisotopic (exact) mass is 641 g/mol. The molecular formula is C33H41Cl2N5O4. The van der Waals surface area contributed by atoms with Gasteiger partial charge in [0.1, 0.15) is 11.2 Å². The number of pyridine rings is 1. The minimum Gasteiger partial charge on any atom is -0.493 e. The summed E-state index contributed by atoms with van der Waals surface area (Å²) in [5.74, 6) is 0.252. The van der Waals surface area contributed by atoms with Crippen LogP contribution in [0.15, 0.2) is 67.0 Å². The van der Waals surface area contributed by atoms with Gasteiger partial charge in [-0.15, -0.1) is 24.8 Å². The maximum absolute atomic E-state index is 13.1. The van der Waals surface area contributed by atoms with Gasteiger partial charge in [-0.2, -0.15) is 0 Å². The summed E-state index contributed by atoms with van der Waals surface area (Å²) in [5.41, 5.74) is 3.24. The Kier molecular flexibility index (Phi) is 11.8. The van der Waals surface area contributed by atoms with E-state index in [9.17, 15) is 14.4 Å². The van der Waals surface area contributed by atoms with E-state index < -0.39 is 5.41 Å². The van der Waals surface area contributed by atoms with E-state index in [4.69, 9.17) is 4.74 Å². The van der Waals surface area contributed by atoms with Crippen LogP contribution in [-0.2, 0) is 16.0 Å².